The topological polar surface area (TPSA) is 110 Å². The largest absolute Gasteiger partial charge is 0.478 e. The Hall–Kier alpha value is -3.21. The number of nitrogens with one attached hydrogen (secondary N) is 1. The number of amides is 1. The number of hydrogen-bond donors (Lipinski definition) is 2. The number of carboxylic acids is 1. The molecule has 166 valence electrons. The third-order valence-electron chi connectivity index (χ3n) is 4.91. The van der Waals surface area contributed by atoms with E-state index in [9.17, 15) is 9.59 Å². The van der Waals surface area contributed by atoms with Gasteiger partial charge in [-0.25, -0.2) is 4.79 Å². The van der Waals surface area contributed by atoms with Gasteiger partial charge in [-0.15, -0.1) is 10.2 Å². The Balaban J connectivity index is 1.47. The second-order valence-corrected chi connectivity index (χ2v) is 8.12. The summed E-state index contributed by atoms with van der Waals surface area (Å²) in [6.07, 6.45) is 0. The fourth-order valence-electron chi connectivity index (χ4n) is 3.35. The Morgan fingerprint density at radius 1 is 1.06 bits per heavy atom. The summed E-state index contributed by atoms with van der Waals surface area (Å²) in [6, 6.07) is 16.0. The Morgan fingerprint density at radius 2 is 1.84 bits per heavy atom. The van der Waals surface area contributed by atoms with E-state index in [-0.39, 0.29) is 17.2 Å². The van der Waals surface area contributed by atoms with E-state index >= 15 is 0 Å². The van der Waals surface area contributed by atoms with Gasteiger partial charge in [0.1, 0.15) is 0 Å². The second-order valence-electron chi connectivity index (χ2n) is 7.18. The van der Waals surface area contributed by atoms with Crippen LogP contribution in [0.4, 0.5) is 5.69 Å². The lowest BCUT2D eigenvalue weighted by Crippen LogP contribution is -2.36. The Kier molecular flexibility index (Phi) is 7.15. The average Bonchev–Trinajstić information content (AvgIpc) is 3.21. The molecule has 1 saturated heterocycles. The van der Waals surface area contributed by atoms with Crippen LogP contribution in [0.15, 0.2) is 59.8 Å². The van der Waals surface area contributed by atoms with Crippen LogP contribution < -0.4 is 5.32 Å². The summed E-state index contributed by atoms with van der Waals surface area (Å²) in [5.41, 5.74) is 1.48. The summed E-state index contributed by atoms with van der Waals surface area (Å²) in [5, 5.41) is 21.2. The number of carboxylic acid groups (broad SMARTS) is 1. The summed E-state index contributed by atoms with van der Waals surface area (Å²) < 4.78 is 7.40. The predicted molar refractivity (Wildman–Crippen MR) is 120 cm³/mol. The third kappa shape index (κ3) is 5.52. The van der Waals surface area contributed by atoms with Crippen LogP contribution in [0.25, 0.3) is 5.69 Å². The van der Waals surface area contributed by atoms with Gasteiger partial charge in [-0.05, 0) is 30.3 Å². The maximum absolute atomic E-state index is 12.5. The van der Waals surface area contributed by atoms with Gasteiger partial charge in [0.25, 0.3) is 0 Å². The molecule has 1 aliphatic heterocycles. The molecular formula is C22H23N5O4S. The van der Waals surface area contributed by atoms with E-state index in [0.29, 0.717) is 30.6 Å². The van der Waals surface area contributed by atoms with E-state index in [1.807, 2.05) is 34.9 Å². The van der Waals surface area contributed by atoms with Crippen LogP contribution in [0.3, 0.4) is 0 Å². The number of thioether (sulfide) groups is 1. The first-order valence-electron chi connectivity index (χ1n) is 10.2. The second kappa shape index (κ2) is 10.4. The van der Waals surface area contributed by atoms with Gasteiger partial charge in [-0.2, -0.15) is 0 Å². The minimum Gasteiger partial charge on any atom is -0.478 e. The first-order chi connectivity index (χ1) is 15.6. The van der Waals surface area contributed by atoms with Crippen LogP contribution in [0.2, 0.25) is 0 Å². The van der Waals surface area contributed by atoms with Gasteiger partial charge in [0.15, 0.2) is 11.0 Å². The lowest BCUT2D eigenvalue weighted by Gasteiger charge is -2.26. The van der Waals surface area contributed by atoms with Gasteiger partial charge in [0.2, 0.25) is 5.91 Å². The number of hydrogen-bond acceptors (Lipinski definition) is 7. The molecule has 9 nitrogen and oxygen atoms in total. The number of benzene rings is 2. The van der Waals surface area contributed by atoms with E-state index < -0.39 is 5.97 Å². The monoisotopic (exact) mass is 453 g/mol. The summed E-state index contributed by atoms with van der Waals surface area (Å²) in [4.78, 5) is 25.9. The molecule has 0 bridgehead atoms. The van der Waals surface area contributed by atoms with Crippen molar-refractivity contribution in [1.82, 2.24) is 19.7 Å². The molecule has 1 amide bonds. The highest BCUT2D eigenvalue weighted by Crippen LogP contribution is 2.23. The lowest BCUT2D eigenvalue weighted by molar-refractivity contribution is -0.113. The van der Waals surface area contributed by atoms with Crippen molar-refractivity contribution >= 4 is 29.3 Å². The maximum Gasteiger partial charge on any atom is 0.335 e. The van der Waals surface area contributed by atoms with Crippen molar-refractivity contribution in [3.63, 3.8) is 0 Å². The number of morpholine rings is 1. The molecule has 32 heavy (non-hydrogen) atoms. The molecule has 0 unspecified atom stereocenters. The highest BCUT2D eigenvalue weighted by atomic mass is 32.2. The highest BCUT2D eigenvalue weighted by molar-refractivity contribution is 7.99. The average molecular weight is 454 g/mol. The van der Waals surface area contributed by atoms with Crippen LogP contribution in [0.1, 0.15) is 16.2 Å². The van der Waals surface area contributed by atoms with E-state index in [0.717, 1.165) is 24.6 Å². The molecule has 1 aromatic heterocycles. The number of rotatable bonds is 8. The number of para-hydroxylation sites is 1. The van der Waals surface area contributed by atoms with Crippen LogP contribution in [0, 0.1) is 0 Å². The first-order valence-corrected chi connectivity index (χ1v) is 11.1. The first kappa shape index (κ1) is 22.0. The maximum atomic E-state index is 12.5. The van der Waals surface area contributed by atoms with E-state index in [1.54, 1.807) is 12.1 Å². The van der Waals surface area contributed by atoms with Crippen molar-refractivity contribution in [3.8, 4) is 5.69 Å². The summed E-state index contributed by atoms with van der Waals surface area (Å²) >= 11 is 1.28. The molecule has 0 spiro atoms. The third-order valence-corrected chi connectivity index (χ3v) is 5.84. The van der Waals surface area contributed by atoms with Crippen molar-refractivity contribution in [2.24, 2.45) is 0 Å². The molecule has 1 aliphatic rings. The molecule has 0 saturated carbocycles. The Labute approximate surface area is 189 Å². The smallest absolute Gasteiger partial charge is 0.335 e. The zero-order chi connectivity index (χ0) is 22.3. The Morgan fingerprint density at radius 3 is 2.59 bits per heavy atom. The number of nitrogens with zero attached hydrogens (tertiary/aromatic N) is 4. The van der Waals surface area contributed by atoms with Crippen molar-refractivity contribution < 1.29 is 19.4 Å². The quantitative estimate of drug-likeness (QED) is 0.501. The fourth-order valence-corrected chi connectivity index (χ4v) is 4.12. The molecule has 1 fully saturated rings. The van der Waals surface area contributed by atoms with Crippen molar-refractivity contribution in [2.45, 2.75) is 11.7 Å². The summed E-state index contributed by atoms with van der Waals surface area (Å²) in [6.45, 7) is 3.71. The molecule has 0 radical (unpaired) electrons. The van der Waals surface area contributed by atoms with Crippen LogP contribution in [-0.4, -0.2) is 68.7 Å². The minimum atomic E-state index is -1.04. The minimum absolute atomic E-state index is 0.111. The zero-order valence-electron chi connectivity index (χ0n) is 17.3. The van der Waals surface area contributed by atoms with E-state index in [2.05, 4.69) is 20.4 Å². The standard InChI is InChI=1S/C22H23N5O4S/c28-20(23-17-6-4-5-16(13-17)21(29)30)15-32-22-25-24-19(14-26-9-11-31-12-10-26)27(22)18-7-2-1-3-8-18/h1-8,13H,9-12,14-15H2,(H,23,28)(H,29,30). The Bertz CT molecular complexity index is 1080. The highest BCUT2D eigenvalue weighted by Gasteiger charge is 2.19. The molecule has 0 atom stereocenters. The number of carbonyl (C=O) groups is 2. The van der Waals surface area contributed by atoms with Gasteiger partial charge < -0.3 is 15.2 Å². The van der Waals surface area contributed by atoms with Crippen molar-refractivity contribution in [3.05, 3.63) is 66.0 Å². The molecule has 10 heteroatoms. The van der Waals surface area contributed by atoms with Crippen LogP contribution in [-0.2, 0) is 16.1 Å². The van der Waals surface area contributed by atoms with Crippen molar-refractivity contribution in [1.29, 1.82) is 0 Å². The molecule has 3 aromatic rings. The number of carbonyl (C=O) groups excluding carboxylic acids is 1. The SMILES string of the molecule is O=C(CSc1nnc(CN2CCOCC2)n1-c1ccccc1)Nc1cccc(C(=O)O)c1. The summed E-state index contributed by atoms with van der Waals surface area (Å²) in [7, 11) is 0. The van der Waals surface area contributed by atoms with Gasteiger partial charge in [0, 0.05) is 24.5 Å². The van der Waals surface area contributed by atoms with Gasteiger partial charge in [-0.3, -0.25) is 14.3 Å². The number of aromatic nitrogens is 3. The molecule has 0 aliphatic carbocycles. The number of aromatic carboxylic acids is 1. The van der Waals surface area contributed by atoms with Crippen LogP contribution >= 0.6 is 11.8 Å². The summed E-state index contributed by atoms with van der Waals surface area (Å²) in [5.74, 6) is -0.385. The fraction of sp³-hybridized carbons (Fsp3) is 0.273. The molecular weight excluding hydrogens is 430 g/mol. The predicted octanol–water partition coefficient (Wildman–Crippen LogP) is 2.53. The van der Waals surface area contributed by atoms with E-state index in [1.165, 1.54) is 23.9 Å². The lowest BCUT2D eigenvalue weighted by atomic mass is 10.2. The molecule has 2 N–H and O–H groups in total. The van der Waals surface area contributed by atoms with Gasteiger partial charge >= 0.3 is 5.97 Å². The van der Waals surface area contributed by atoms with Crippen LogP contribution in [0.5, 0.6) is 0 Å². The number of anilines is 1. The van der Waals surface area contributed by atoms with Gasteiger partial charge in [-0.1, -0.05) is 36.0 Å². The molecule has 2 heterocycles. The normalized spacial score (nSPS) is 14.2. The van der Waals surface area contributed by atoms with E-state index in [4.69, 9.17) is 9.84 Å². The number of ether oxygens (including phenoxy) is 1. The zero-order valence-corrected chi connectivity index (χ0v) is 18.1. The molecule has 4 rings (SSSR count). The molecule has 2 aromatic carbocycles. The van der Waals surface area contributed by atoms with Crippen molar-refractivity contribution in [2.75, 3.05) is 37.4 Å². The van der Waals surface area contributed by atoms with Gasteiger partial charge in [0.05, 0.1) is 31.1 Å².